The fraction of sp³-hybridized carbons (Fsp3) is 0.391. The van der Waals surface area contributed by atoms with Gasteiger partial charge in [0.2, 0.25) is 0 Å². The molecular formula is C23H33IN4O2. The molecule has 6 nitrogen and oxygen atoms in total. The highest BCUT2D eigenvalue weighted by atomic mass is 127. The number of carbonyl (C=O) groups is 1. The van der Waals surface area contributed by atoms with Gasteiger partial charge in [-0.05, 0) is 56.0 Å². The van der Waals surface area contributed by atoms with E-state index in [1.54, 1.807) is 14.1 Å². The first-order chi connectivity index (χ1) is 14.1. The number of carbonyl (C=O) groups excluding carboxylic acids is 1. The van der Waals surface area contributed by atoms with Crippen molar-refractivity contribution in [2.75, 3.05) is 33.8 Å². The van der Waals surface area contributed by atoms with Gasteiger partial charge in [0.05, 0.1) is 6.61 Å². The van der Waals surface area contributed by atoms with Crippen molar-refractivity contribution in [2.45, 2.75) is 26.2 Å². The largest absolute Gasteiger partial charge is 0.494 e. The van der Waals surface area contributed by atoms with E-state index < -0.39 is 0 Å². The maximum atomic E-state index is 11.7. The number of nitrogens with zero attached hydrogens (tertiary/aromatic N) is 1. The van der Waals surface area contributed by atoms with Gasteiger partial charge in [0.25, 0.3) is 5.91 Å². The molecule has 0 radical (unpaired) electrons. The standard InChI is InChI=1S/C23H32N4O2.HI/c1-18-9-11-21(12-10-18)29-16-5-4-14-26-23(25-3)27-15-13-19-7-6-8-20(17-19)22(28)24-2;/h6-12,17H,4-5,13-16H2,1-3H3,(H,24,28)(H2,25,26,27);1H. The Morgan fingerprint density at radius 2 is 1.77 bits per heavy atom. The Hall–Kier alpha value is -2.29. The Kier molecular flexibility index (Phi) is 12.6. The molecule has 0 aliphatic heterocycles. The van der Waals surface area contributed by atoms with Crippen LogP contribution in [-0.4, -0.2) is 45.7 Å². The highest BCUT2D eigenvalue weighted by Gasteiger charge is 2.04. The first kappa shape index (κ1) is 25.7. The van der Waals surface area contributed by atoms with Gasteiger partial charge in [-0.3, -0.25) is 9.79 Å². The Bertz CT molecular complexity index is 794. The fourth-order valence-electron chi connectivity index (χ4n) is 2.82. The number of halogens is 1. The van der Waals surface area contributed by atoms with Gasteiger partial charge in [0.1, 0.15) is 5.75 Å². The topological polar surface area (TPSA) is 74.8 Å². The summed E-state index contributed by atoms with van der Waals surface area (Å²) in [5.74, 6) is 1.64. The van der Waals surface area contributed by atoms with E-state index in [1.807, 2.05) is 36.4 Å². The minimum Gasteiger partial charge on any atom is -0.494 e. The van der Waals surface area contributed by atoms with E-state index in [1.165, 1.54) is 5.56 Å². The van der Waals surface area contributed by atoms with E-state index >= 15 is 0 Å². The Labute approximate surface area is 196 Å². The molecule has 0 saturated heterocycles. The molecule has 0 spiro atoms. The number of ether oxygens (including phenoxy) is 1. The minimum absolute atomic E-state index is 0. The third-order valence-corrected chi connectivity index (χ3v) is 4.50. The number of guanidine groups is 1. The van der Waals surface area contributed by atoms with Crippen LogP contribution in [0.5, 0.6) is 5.75 Å². The summed E-state index contributed by atoms with van der Waals surface area (Å²) in [4.78, 5) is 16.0. The molecule has 0 aromatic heterocycles. The second-order valence-corrected chi connectivity index (χ2v) is 6.82. The lowest BCUT2D eigenvalue weighted by Gasteiger charge is -2.12. The predicted molar refractivity (Wildman–Crippen MR) is 134 cm³/mol. The lowest BCUT2D eigenvalue weighted by molar-refractivity contribution is 0.0963. The molecule has 2 aromatic carbocycles. The van der Waals surface area contributed by atoms with Crippen molar-refractivity contribution in [3.63, 3.8) is 0 Å². The number of aryl methyl sites for hydroxylation is 1. The number of aliphatic imine (C=N–C) groups is 1. The SMILES string of the molecule is CN=C(NCCCCOc1ccc(C)cc1)NCCc1cccc(C(=O)NC)c1.I. The van der Waals surface area contributed by atoms with Crippen molar-refractivity contribution in [2.24, 2.45) is 4.99 Å². The Balaban J connectivity index is 0.00000450. The van der Waals surface area contributed by atoms with Crippen LogP contribution < -0.4 is 20.7 Å². The van der Waals surface area contributed by atoms with Crippen molar-refractivity contribution >= 4 is 35.8 Å². The molecule has 30 heavy (non-hydrogen) atoms. The number of nitrogens with one attached hydrogen (secondary N) is 3. The molecule has 1 amide bonds. The zero-order valence-electron chi connectivity index (χ0n) is 18.0. The number of rotatable bonds is 10. The van der Waals surface area contributed by atoms with Crippen LogP contribution in [0.2, 0.25) is 0 Å². The summed E-state index contributed by atoms with van der Waals surface area (Å²) in [6, 6.07) is 15.8. The van der Waals surface area contributed by atoms with Gasteiger partial charge in [-0.1, -0.05) is 29.8 Å². The molecule has 0 heterocycles. The van der Waals surface area contributed by atoms with Crippen molar-refractivity contribution in [3.05, 3.63) is 65.2 Å². The molecule has 0 unspecified atom stereocenters. The van der Waals surface area contributed by atoms with Crippen LogP contribution in [0.4, 0.5) is 0 Å². The van der Waals surface area contributed by atoms with Crippen LogP contribution in [0.25, 0.3) is 0 Å². The van der Waals surface area contributed by atoms with Crippen LogP contribution in [-0.2, 0) is 6.42 Å². The summed E-state index contributed by atoms with van der Waals surface area (Å²) < 4.78 is 5.74. The molecule has 7 heteroatoms. The van der Waals surface area contributed by atoms with Gasteiger partial charge in [-0.15, -0.1) is 24.0 Å². The van der Waals surface area contributed by atoms with E-state index in [9.17, 15) is 4.79 Å². The van der Waals surface area contributed by atoms with Crippen LogP contribution in [0.3, 0.4) is 0 Å². The summed E-state index contributed by atoms with van der Waals surface area (Å²) >= 11 is 0. The van der Waals surface area contributed by atoms with E-state index in [4.69, 9.17) is 4.74 Å². The second kappa shape index (κ2) is 14.7. The molecule has 2 aromatic rings. The van der Waals surface area contributed by atoms with Gasteiger partial charge < -0.3 is 20.7 Å². The maximum Gasteiger partial charge on any atom is 0.251 e. The molecule has 2 rings (SSSR count). The van der Waals surface area contributed by atoms with E-state index in [0.29, 0.717) is 12.2 Å². The number of amides is 1. The van der Waals surface area contributed by atoms with Gasteiger partial charge in [-0.25, -0.2) is 0 Å². The first-order valence-electron chi connectivity index (χ1n) is 10.1. The lowest BCUT2D eigenvalue weighted by atomic mass is 10.1. The molecular weight excluding hydrogens is 491 g/mol. The summed E-state index contributed by atoms with van der Waals surface area (Å²) in [5.41, 5.74) is 3.03. The van der Waals surface area contributed by atoms with Gasteiger partial charge in [-0.2, -0.15) is 0 Å². The number of unbranched alkanes of at least 4 members (excludes halogenated alkanes) is 1. The average molecular weight is 524 g/mol. The number of hydrogen-bond donors (Lipinski definition) is 3. The predicted octanol–water partition coefficient (Wildman–Crippen LogP) is 3.54. The summed E-state index contributed by atoms with van der Waals surface area (Å²) in [5, 5.41) is 9.28. The van der Waals surface area contributed by atoms with Gasteiger partial charge >= 0.3 is 0 Å². The quantitative estimate of drug-likeness (QED) is 0.193. The number of hydrogen-bond acceptors (Lipinski definition) is 3. The zero-order chi connectivity index (χ0) is 20.9. The summed E-state index contributed by atoms with van der Waals surface area (Å²) in [7, 11) is 3.41. The van der Waals surface area contributed by atoms with Crippen molar-refractivity contribution in [1.29, 1.82) is 0 Å². The molecule has 0 atom stereocenters. The smallest absolute Gasteiger partial charge is 0.251 e. The molecule has 3 N–H and O–H groups in total. The third-order valence-electron chi connectivity index (χ3n) is 4.50. The third kappa shape index (κ3) is 9.47. The molecule has 0 aliphatic rings. The fourth-order valence-corrected chi connectivity index (χ4v) is 2.82. The summed E-state index contributed by atoms with van der Waals surface area (Å²) in [6.07, 6.45) is 2.79. The monoisotopic (exact) mass is 524 g/mol. The van der Waals surface area contributed by atoms with Crippen molar-refractivity contribution < 1.29 is 9.53 Å². The maximum absolute atomic E-state index is 11.7. The lowest BCUT2D eigenvalue weighted by Crippen LogP contribution is -2.38. The Morgan fingerprint density at radius 3 is 2.47 bits per heavy atom. The molecule has 0 bridgehead atoms. The number of benzene rings is 2. The van der Waals surface area contributed by atoms with Crippen LogP contribution >= 0.6 is 24.0 Å². The van der Waals surface area contributed by atoms with Crippen LogP contribution in [0.1, 0.15) is 34.3 Å². The molecule has 0 fully saturated rings. The highest BCUT2D eigenvalue weighted by Crippen LogP contribution is 2.11. The van der Waals surface area contributed by atoms with Crippen LogP contribution in [0, 0.1) is 6.92 Å². The molecule has 0 saturated carbocycles. The minimum atomic E-state index is -0.0661. The average Bonchev–Trinajstić information content (AvgIpc) is 2.75. The Morgan fingerprint density at radius 1 is 1.03 bits per heavy atom. The van der Waals surface area contributed by atoms with E-state index in [-0.39, 0.29) is 29.9 Å². The summed E-state index contributed by atoms with van der Waals surface area (Å²) in [6.45, 7) is 4.35. The first-order valence-corrected chi connectivity index (χ1v) is 10.1. The van der Waals surface area contributed by atoms with E-state index in [2.05, 4.69) is 40.0 Å². The van der Waals surface area contributed by atoms with Crippen molar-refractivity contribution in [3.8, 4) is 5.75 Å². The normalized spacial score (nSPS) is 10.7. The van der Waals surface area contributed by atoms with Gasteiger partial charge in [0, 0.05) is 32.7 Å². The van der Waals surface area contributed by atoms with Crippen molar-refractivity contribution in [1.82, 2.24) is 16.0 Å². The van der Waals surface area contributed by atoms with Gasteiger partial charge in [0.15, 0.2) is 5.96 Å². The molecule has 0 aliphatic carbocycles. The van der Waals surface area contributed by atoms with E-state index in [0.717, 1.165) is 49.6 Å². The van der Waals surface area contributed by atoms with Crippen LogP contribution in [0.15, 0.2) is 53.5 Å². The second-order valence-electron chi connectivity index (χ2n) is 6.82. The molecule has 164 valence electrons. The highest BCUT2D eigenvalue weighted by molar-refractivity contribution is 14.0. The zero-order valence-corrected chi connectivity index (χ0v) is 20.4.